The van der Waals surface area contributed by atoms with Crippen LogP contribution in [0, 0.1) is 11.7 Å². The van der Waals surface area contributed by atoms with Gasteiger partial charge in [-0.25, -0.2) is 14.8 Å². The lowest BCUT2D eigenvalue weighted by Gasteiger charge is -2.33. The highest BCUT2D eigenvalue weighted by molar-refractivity contribution is 8.13. The summed E-state index contributed by atoms with van der Waals surface area (Å²) in [6.07, 6.45) is 0.529. The van der Waals surface area contributed by atoms with Gasteiger partial charge in [-0.05, 0) is 29.7 Å². The molecule has 4 rings (SSSR count). The van der Waals surface area contributed by atoms with Crippen LogP contribution in [-0.2, 0) is 17.0 Å². The number of nitrogens with one attached hydrogen (secondary N) is 2. The van der Waals surface area contributed by atoms with Crippen molar-refractivity contribution in [3.05, 3.63) is 65.5 Å². The second-order valence-corrected chi connectivity index (χ2v) is 7.47. The Balaban J connectivity index is 1.69. The summed E-state index contributed by atoms with van der Waals surface area (Å²) in [7, 11) is 0. The van der Waals surface area contributed by atoms with Crippen molar-refractivity contribution in [2.45, 2.75) is 25.3 Å². The molecule has 2 aliphatic heterocycles. The van der Waals surface area contributed by atoms with Crippen LogP contribution in [0.3, 0.4) is 0 Å². The van der Waals surface area contributed by atoms with Crippen LogP contribution in [0.15, 0.2) is 53.5 Å². The van der Waals surface area contributed by atoms with Gasteiger partial charge in [0.15, 0.2) is 5.17 Å². The molecule has 7 heteroatoms. The van der Waals surface area contributed by atoms with Crippen LogP contribution in [0.25, 0.3) is 0 Å². The van der Waals surface area contributed by atoms with Crippen molar-refractivity contribution in [2.24, 2.45) is 10.9 Å². The van der Waals surface area contributed by atoms with E-state index in [1.807, 2.05) is 30.3 Å². The number of carbonyl (C=O) groups is 1. The Morgan fingerprint density at radius 3 is 2.70 bits per heavy atom. The number of aliphatic imine (C=N–C) groups is 1. The van der Waals surface area contributed by atoms with E-state index in [1.165, 1.54) is 17.8 Å². The first-order chi connectivity index (χ1) is 13.2. The molecule has 1 fully saturated rings. The molecule has 2 unspecified atom stereocenters. The SMILES string of the molecule is CCc1ccccc1N1C(=O)C2CNNC2N=C1SCc1ccccc1F. The van der Waals surface area contributed by atoms with Gasteiger partial charge in [-0.3, -0.25) is 15.1 Å². The van der Waals surface area contributed by atoms with E-state index in [2.05, 4.69) is 17.8 Å². The predicted molar refractivity (Wildman–Crippen MR) is 107 cm³/mol. The minimum absolute atomic E-state index is 0.0180. The minimum Gasteiger partial charge on any atom is -0.274 e. The van der Waals surface area contributed by atoms with Gasteiger partial charge in [-0.1, -0.05) is 55.1 Å². The van der Waals surface area contributed by atoms with Crippen molar-refractivity contribution >= 4 is 28.5 Å². The highest BCUT2D eigenvalue weighted by atomic mass is 32.2. The van der Waals surface area contributed by atoms with E-state index in [0.29, 0.717) is 23.0 Å². The third kappa shape index (κ3) is 3.50. The smallest absolute Gasteiger partial charge is 0.241 e. The molecule has 2 N–H and O–H groups in total. The Hall–Kier alpha value is -2.22. The molecule has 2 aliphatic rings. The fourth-order valence-electron chi connectivity index (χ4n) is 3.38. The maximum absolute atomic E-state index is 14.0. The molecule has 0 aliphatic carbocycles. The summed E-state index contributed by atoms with van der Waals surface area (Å²) < 4.78 is 14.0. The number of anilines is 1. The van der Waals surface area contributed by atoms with E-state index >= 15 is 0 Å². The highest BCUT2D eigenvalue weighted by Gasteiger charge is 2.42. The first-order valence-electron chi connectivity index (χ1n) is 9.03. The molecule has 0 saturated carbocycles. The van der Waals surface area contributed by atoms with Gasteiger partial charge in [0, 0.05) is 12.3 Å². The van der Waals surface area contributed by atoms with Crippen LogP contribution in [0.2, 0.25) is 0 Å². The topological polar surface area (TPSA) is 56.7 Å². The molecule has 0 bridgehead atoms. The number of rotatable bonds is 4. The van der Waals surface area contributed by atoms with Crippen LogP contribution >= 0.6 is 11.8 Å². The second-order valence-electron chi connectivity index (χ2n) is 6.52. The fraction of sp³-hybridized carbons (Fsp3) is 0.300. The molecule has 2 aromatic rings. The van der Waals surface area contributed by atoms with Gasteiger partial charge in [0.1, 0.15) is 12.0 Å². The zero-order chi connectivity index (χ0) is 18.8. The van der Waals surface area contributed by atoms with Gasteiger partial charge in [0.25, 0.3) is 0 Å². The van der Waals surface area contributed by atoms with Gasteiger partial charge in [-0.2, -0.15) is 0 Å². The molecule has 0 spiro atoms. The van der Waals surface area contributed by atoms with Crippen LogP contribution in [-0.4, -0.2) is 23.8 Å². The number of halogens is 1. The van der Waals surface area contributed by atoms with E-state index in [4.69, 9.17) is 4.99 Å². The molecular weight excluding hydrogens is 363 g/mol. The Morgan fingerprint density at radius 1 is 1.19 bits per heavy atom. The molecule has 2 aromatic carbocycles. The molecule has 2 heterocycles. The summed E-state index contributed by atoms with van der Waals surface area (Å²) >= 11 is 1.39. The fourth-order valence-corrected chi connectivity index (χ4v) is 4.40. The summed E-state index contributed by atoms with van der Waals surface area (Å²) in [5.41, 5.74) is 8.62. The number of carbonyl (C=O) groups excluding carboxylic acids is 1. The zero-order valence-corrected chi connectivity index (χ0v) is 15.8. The standard InChI is InChI=1S/C20H21FN4OS/c1-2-13-7-4-6-10-17(13)25-19(26)15-11-22-24-18(15)23-20(25)27-12-14-8-3-5-9-16(14)21/h3-10,15,18,22,24H,2,11-12H2,1H3. The van der Waals surface area contributed by atoms with E-state index in [1.54, 1.807) is 17.0 Å². The average molecular weight is 384 g/mol. The number of fused-ring (bicyclic) bond motifs is 1. The molecule has 0 radical (unpaired) electrons. The van der Waals surface area contributed by atoms with Crippen LogP contribution in [0.5, 0.6) is 0 Å². The lowest BCUT2D eigenvalue weighted by molar-refractivity contribution is -0.121. The second kappa shape index (κ2) is 7.80. The molecule has 1 saturated heterocycles. The van der Waals surface area contributed by atoms with Crippen molar-refractivity contribution < 1.29 is 9.18 Å². The minimum atomic E-state index is -0.286. The number of amides is 1. The number of thioether (sulfide) groups is 1. The molecule has 2 atom stereocenters. The van der Waals surface area contributed by atoms with E-state index in [0.717, 1.165) is 17.7 Å². The molecule has 0 aromatic heterocycles. The maximum atomic E-state index is 14.0. The lowest BCUT2D eigenvalue weighted by atomic mass is 10.0. The number of nitrogens with zero attached hydrogens (tertiary/aromatic N) is 2. The zero-order valence-electron chi connectivity index (χ0n) is 15.0. The van der Waals surface area contributed by atoms with Crippen LogP contribution in [0.1, 0.15) is 18.1 Å². The third-order valence-corrected chi connectivity index (χ3v) is 5.86. The van der Waals surface area contributed by atoms with Crippen LogP contribution < -0.4 is 15.8 Å². The van der Waals surface area contributed by atoms with Gasteiger partial charge in [0.05, 0.1) is 11.6 Å². The van der Waals surface area contributed by atoms with Crippen molar-refractivity contribution in [3.8, 4) is 0 Å². The molecule has 1 amide bonds. The average Bonchev–Trinajstić information content (AvgIpc) is 3.16. The number of hydrogen-bond donors (Lipinski definition) is 2. The third-order valence-electron chi connectivity index (χ3n) is 4.86. The highest BCUT2D eigenvalue weighted by Crippen LogP contribution is 2.32. The van der Waals surface area contributed by atoms with Crippen molar-refractivity contribution in [1.29, 1.82) is 0 Å². The number of benzene rings is 2. The van der Waals surface area contributed by atoms with Crippen molar-refractivity contribution in [1.82, 2.24) is 10.9 Å². The Bertz CT molecular complexity index is 888. The lowest BCUT2D eigenvalue weighted by Crippen LogP contribution is -2.49. The van der Waals surface area contributed by atoms with Gasteiger partial charge in [0.2, 0.25) is 5.91 Å². The summed E-state index contributed by atoms with van der Waals surface area (Å²) in [4.78, 5) is 19.7. The monoisotopic (exact) mass is 384 g/mol. The van der Waals surface area contributed by atoms with Gasteiger partial charge in [-0.15, -0.1) is 0 Å². The van der Waals surface area contributed by atoms with E-state index < -0.39 is 0 Å². The molecule has 140 valence electrons. The Morgan fingerprint density at radius 2 is 1.93 bits per heavy atom. The summed E-state index contributed by atoms with van der Waals surface area (Å²) in [6, 6.07) is 14.6. The molecule has 27 heavy (non-hydrogen) atoms. The number of para-hydroxylation sites is 1. The maximum Gasteiger partial charge on any atom is 0.241 e. The predicted octanol–water partition coefficient (Wildman–Crippen LogP) is 3.07. The summed E-state index contributed by atoms with van der Waals surface area (Å²) in [6.45, 7) is 2.61. The van der Waals surface area contributed by atoms with Crippen LogP contribution in [0.4, 0.5) is 10.1 Å². The van der Waals surface area contributed by atoms with Crippen molar-refractivity contribution in [2.75, 3.05) is 11.4 Å². The van der Waals surface area contributed by atoms with Crippen molar-refractivity contribution in [3.63, 3.8) is 0 Å². The first kappa shape index (κ1) is 18.2. The number of amidine groups is 1. The Kier molecular flexibility index (Phi) is 5.24. The molecular formula is C20H21FN4OS. The van der Waals surface area contributed by atoms with E-state index in [9.17, 15) is 9.18 Å². The normalized spacial score (nSPS) is 21.9. The quantitative estimate of drug-likeness (QED) is 0.851. The number of hydrogen-bond acceptors (Lipinski definition) is 5. The van der Waals surface area contributed by atoms with Gasteiger partial charge < -0.3 is 0 Å². The number of aryl methyl sites for hydroxylation is 1. The molecule has 5 nitrogen and oxygen atoms in total. The van der Waals surface area contributed by atoms with E-state index in [-0.39, 0.29) is 23.8 Å². The van der Waals surface area contributed by atoms with Gasteiger partial charge >= 0.3 is 0 Å². The summed E-state index contributed by atoms with van der Waals surface area (Å²) in [5.74, 6) is -0.0575. The Labute approximate surface area is 162 Å². The summed E-state index contributed by atoms with van der Waals surface area (Å²) in [5, 5.41) is 0.599. The largest absolute Gasteiger partial charge is 0.274 e. The number of hydrazine groups is 1. The first-order valence-corrected chi connectivity index (χ1v) is 10.0.